The predicted octanol–water partition coefficient (Wildman–Crippen LogP) is 3.72. The second-order valence-corrected chi connectivity index (χ2v) is 4.21. The number of benzene rings is 2. The summed E-state index contributed by atoms with van der Waals surface area (Å²) in [6, 6.07) is 10.3. The molecule has 0 aliphatic heterocycles. The highest BCUT2D eigenvalue weighted by Crippen LogP contribution is 2.29. The van der Waals surface area contributed by atoms with Crippen molar-refractivity contribution in [3.8, 4) is 5.75 Å². The zero-order valence-electron chi connectivity index (χ0n) is 11.0. The van der Waals surface area contributed by atoms with Crippen molar-refractivity contribution in [2.24, 2.45) is 0 Å². The van der Waals surface area contributed by atoms with Gasteiger partial charge in [-0.05, 0) is 42.3 Å². The molecule has 2 aromatic rings. The van der Waals surface area contributed by atoms with Crippen molar-refractivity contribution in [3.63, 3.8) is 0 Å². The summed E-state index contributed by atoms with van der Waals surface area (Å²) in [6.07, 6.45) is 0.839. The normalized spacial score (nSPS) is 10.3. The molecule has 2 aromatic carbocycles. The Hall–Kier alpha value is -2.23. The first-order chi connectivity index (χ1) is 9.15. The summed E-state index contributed by atoms with van der Waals surface area (Å²) < 4.78 is 19.0. The molecule has 0 spiro atoms. The first kappa shape index (κ1) is 13.2. The van der Waals surface area contributed by atoms with Gasteiger partial charge in [0.1, 0.15) is 11.6 Å². The number of halogens is 1. The quantitative estimate of drug-likeness (QED) is 0.823. The van der Waals surface area contributed by atoms with Crippen LogP contribution in [0.3, 0.4) is 0 Å². The van der Waals surface area contributed by atoms with Crippen LogP contribution in [-0.4, -0.2) is 7.11 Å². The molecule has 0 amide bonds. The number of nitrogens with two attached hydrogens (primary N) is 1. The van der Waals surface area contributed by atoms with Crippen LogP contribution in [-0.2, 0) is 6.42 Å². The van der Waals surface area contributed by atoms with Crippen molar-refractivity contribution in [2.75, 3.05) is 18.2 Å². The van der Waals surface area contributed by atoms with Gasteiger partial charge in [0, 0.05) is 5.69 Å². The van der Waals surface area contributed by atoms with Crippen molar-refractivity contribution < 1.29 is 9.13 Å². The van der Waals surface area contributed by atoms with E-state index in [0.29, 0.717) is 11.4 Å². The van der Waals surface area contributed by atoms with Gasteiger partial charge in [0.25, 0.3) is 0 Å². The van der Waals surface area contributed by atoms with E-state index in [1.807, 2.05) is 25.1 Å². The molecule has 2 rings (SSSR count). The molecule has 0 atom stereocenters. The van der Waals surface area contributed by atoms with Crippen molar-refractivity contribution in [2.45, 2.75) is 13.3 Å². The van der Waals surface area contributed by atoms with Gasteiger partial charge in [-0.1, -0.05) is 13.0 Å². The molecule has 0 heterocycles. The summed E-state index contributed by atoms with van der Waals surface area (Å²) in [6.45, 7) is 2.04. The predicted molar refractivity (Wildman–Crippen MR) is 76.5 cm³/mol. The van der Waals surface area contributed by atoms with Crippen molar-refractivity contribution in [1.82, 2.24) is 0 Å². The molecule has 4 heteroatoms. The number of hydrogen-bond donors (Lipinski definition) is 2. The maximum Gasteiger partial charge on any atom is 0.148 e. The van der Waals surface area contributed by atoms with Crippen LogP contribution in [0.15, 0.2) is 36.4 Å². The van der Waals surface area contributed by atoms with Gasteiger partial charge in [-0.2, -0.15) is 0 Å². The monoisotopic (exact) mass is 260 g/mol. The Morgan fingerprint density at radius 1 is 1.26 bits per heavy atom. The minimum absolute atomic E-state index is 0.301. The van der Waals surface area contributed by atoms with Crippen LogP contribution in [0.5, 0.6) is 5.75 Å². The Morgan fingerprint density at radius 3 is 2.68 bits per heavy atom. The number of nitrogen functional groups attached to an aromatic ring is 1. The Labute approximate surface area is 112 Å². The molecular formula is C15H17FN2O. The zero-order chi connectivity index (χ0) is 13.8. The number of hydrogen-bond acceptors (Lipinski definition) is 3. The lowest BCUT2D eigenvalue weighted by Gasteiger charge is -2.13. The molecule has 0 unspecified atom stereocenters. The summed E-state index contributed by atoms with van der Waals surface area (Å²) >= 11 is 0. The standard InChI is InChI=1S/C15H17FN2O/c1-3-10-9-11(7-8-14(10)19-2)18-15-12(16)5-4-6-13(15)17/h4-9,18H,3,17H2,1-2H3. The molecule has 0 saturated heterocycles. The highest BCUT2D eigenvalue weighted by atomic mass is 19.1. The number of ether oxygens (including phenoxy) is 1. The summed E-state index contributed by atoms with van der Waals surface area (Å²) in [5.41, 5.74) is 8.30. The summed E-state index contributed by atoms with van der Waals surface area (Å²) in [5, 5.41) is 3.01. The number of para-hydroxylation sites is 1. The first-order valence-electron chi connectivity index (χ1n) is 6.13. The summed E-state index contributed by atoms with van der Waals surface area (Å²) in [7, 11) is 1.64. The lowest BCUT2D eigenvalue weighted by Crippen LogP contribution is -2.00. The van der Waals surface area contributed by atoms with Crippen LogP contribution in [0.25, 0.3) is 0 Å². The molecule has 0 aliphatic carbocycles. The van der Waals surface area contributed by atoms with Gasteiger partial charge in [0.05, 0.1) is 18.5 Å². The van der Waals surface area contributed by atoms with E-state index in [9.17, 15) is 4.39 Å². The SMILES string of the molecule is CCc1cc(Nc2c(N)cccc2F)ccc1OC. The fourth-order valence-corrected chi connectivity index (χ4v) is 1.95. The molecule has 0 bridgehead atoms. The minimum atomic E-state index is -0.367. The summed E-state index contributed by atoms with van der Waals surface area (Å²) in [5.74, 6) is 0.462. The number of anilines is 3. The topological polar surface area (TPSA) is 47.3 Å². The lowest BCUT2D eigenvalue weighted by molar-refractivity contribution is 0.410. The summed E-state index contributed by atoms with van der Waals surface area (Å²) in [4.78, 5) is 0. The lowest BCUT2D eigenvalue weighted by atomic mass is 10.1. The van der Waals surface area contributed by atoms with E-state index >= 15 is 0 Å². The van der Waals surface area contributed by atoms with Gasteiger partial charge >= 0.3 is 0 Å². The van der Waals surface area contributed by atoms with E-state index in [2.05, 4.69) is 5.32 Å². The van der Waals surface area contributed by atoms with E-state index in [4.69, 9.17) is 10.5 Å². The van der Waals surface area contributed by atoms with Gasteiger partial charge in [-0.15, -0.1) is 0 Å². The first-order valence-corrected chi connectivity index (χ1v) is 6.13. The Balaban J connectivity index is 2.33. The molecular weight excluding hydrogens is 243 g/mol. The van der Waals surface area contributed by atoms with Gasteiger partial charge in [0.15, 0.2) is 0 Å². The molecule has 100 valence electrons. The van der Waals surface area contributed by atoms with E-state index in [-0.39, 0.29) is 5.82 Å². The van der Waals surface area contributed by atoms with Crippen LogP contribution in [0.2, 0.25) is 0 Å². The fourth-order valence-electron chi connectivity index (χ4n) is 1.95. The third-order valence-electron chi connectivity index (χ3n) is 2.98. The van der Waals surface area contributed by atoms with Gasteiger partial charge < -0.3 is 15.8 Å². The Morgan fingerprint density at radius 2 is 2.05 bits per heavy atom. The van der Waals surface area contributed by atoms with E-state index in [1.165, 1.54) is 6.07 Å². The maximum atomic E-state index is 13.7. The largest absolute Gasteiger partial charge is 0.496 e. The van der Waals surface area contributed by atoms with Crippen LogP contribution in [0.4, 0.5) is 21.5 Å². The number of nitrogens with one attached hydrogen (secondary N) is 1. The van der Waals surface area contributed by atoms with E-state index in [1.54, 1.807) is 19.2 Å². The van der Waals surface area contributed by atoms with Crippen LogP contribution >= 0.6 is 0 Å². The number of aryl methyl sites for hydroxylation is 1. The molecule has 0 radical (unpaired) electrons. The van der Waals surface area contributed by atoms with Gasteiger partial charge in [0.2, 0.25) is 0 Å². The molecule has 3 N–H and O–H groups in total. The Bertz CT molecular complexity index is 564. The highest BCUT2D eigenvalue weighted by molar-refractivity contribution is 5.73. The molecule has 0 fully saturated rings. The van der Waals surface area contributed by atoms with Crippen molar-refractivity contribution in [3.05, 3.63) is 47.8 Å². The third-order valence-corrected chi connectivity index (χ3v) is 2.98. The van der Waals surface area contributed by atoms with Gasteiger partial charge in [-0.25, -0.2) is 4.39 Å². The fraction of sp³-hybridized carbons (Fsp3) is 0.200. The number of rotatable bonds is 4. The average molecular weight is 260 g/mol. The van der Waals surface area contributed by atoms with Crippen LogP contribution in [0, 0.1) is 5.82 Å². The average Bonchev–Trinajstić information content (AvgIpc) is 2.42. The molecule has 0 aliphatic rings. The molecule has 0 saturated carbocycles. The van der Waals surface area contributed by atoms with Crippen molar-refractivity contribution >= 4 is 17.1 Å². The molecule has 19 heavy (non-hydrogen) atoms. The van der Waals surface area contributed by atoms with E-state index in [0.717, 1.165) is 23.4 Å². The highest BCUT2D eigenvalue weighted by Gasteiger charge is 2.08. The Kier molecular flexibility index (Phi) is 3.90. The smallest absolute Gasteiger partial charge is 0.148 e. The molecule has 3 nitrogen and oxygen atoms in total. The maximum absolute atomic E-state index is 13.7. The molecule has 0 aromatic heterocycles. The van der Waals surface area contributed by atoms with Gasteiger partial charge in [-0.3, -0.25) is 0 Å². The van der Waals surface area contributed by atoms with Crippen LogP contribution in [0.1, 0.15) is 12.5 Å². The van der Waals surface area contributed by atoms with Crippen molar-refractivity contribution in [1.29, 1.82) is 0 Å². The number of methoxy groups -OCH3 is 1. The second-order valence-electron chi connectivity index (χ2n) is 4.21. The van der Waals surface area contributed by atoms with E-state index < -0.39 is 0 Å². The zero-order valence-corrected chi connectivity index (χ0v) is 11.0. The third kappa shape index (κ3) is 2.78. The minimum Gasteiger partial charge on any atom is -0.496 e. The van der Waals surface area contributed by atoms with Crippen LogP contribution < -0.4 is 15.8 Å². The second kappa shape index (κ2) is 5.61.